The van der Waals surface area contributed by atoms with Crippen LogP contribution >= 0.6 is 11.3 Å². The second-order valence-electron chi connectivity index (χ2n) is 5.73. The Morgan fingerprint density at radius 2 is 2.48 bits per heavy atom. The second kappa shape index (κ2) is 7.67. The van der Waals surface area contributed by atoms with Crippen LogP contribution in [0.3, 0.4) is 0 Å². The molecule has 0 N–H and O–H groups in total. The molecule has 0 aliphatic carbocycles. The normalized spacial score (nSPS) is 18.9. The van der Waals surface area contributed by atoms with Crippen molar-refractivity contribution in [1.82, 2.24) is 24.6 Å². The monoisotopic (exact) mass is 335 g/mol. The van der Waals surface area contributed by atoms with Crippen molar-refractivity contribution >= 4 is 17.2 Å². The number of nitrogens with zero attached hydrogens (tertiary/aromatic N) is 5. The molecule has 1 amide bonds. The third kappa shape index (κ3) is 4.60. The maximum absolute atomic E-state index is 12.4. The van der Waals surface area contributed by atoms with Gasteiger partial charge in [0.1, 0.15) is 12.7 Å². The highest BCUT2D eigenvalue weighted by Gasteiger charge is 2.23. The highest BCUT2D eigenvalue weighted by Crippen LogP contribution is 2.10. The minimum Gasteiger partial charge on any atom is -0.374 e. The van der Waals surface area contributed by atoms with Crippen molar-refractivity contribution < 1.29 is 9.53 Å². The lowest BCUT2D eigenvalue weighted by molar-refractivity contribution is -0.133. The van der Waals surface area contributed by atoms with Crippen LogP contribution in [-0.2, 0) is 22.6 Å². The molecule has 2 aromatic rings. The molecule has 2 aromatic heterocycles. The Labute approximate surface area is 139 Å². The highest BCUT2D eigenvalue weighted by atomic mass is 32.1. The van der Waals surface area contributed by atoms with Crippen molar-refractivity contribution in [2.24, 2.45) is 0 Å². The van der Waals surface area contributed by atoms with Crippen LogP contribution in [0.15, 0.2) is 29.5 Å². The van der Waals surface area contributed by atoms with E-state index in [4.69, 9.17) is 4.74 Å². The molecule has 3 rings (SSSR count). The Balaban J connectivity index is 1.47. The summed E-state index contributed by atoms with van der Waals surface area (Å²) in [6, 6.07) is 2.05. The Bertz CT molecular complexity index is 601. The Kier molecular flexibility index (Phi) is 5.37. The van der Waals surface area contributed by atoms with E-state index >= 15 is 0 Å². The number of hydrogen-bond acceptors (Lipinski definition) is 6. The quantitative estimate of drug-likeness (QED) is 0.778. The predicted octanol–water partition coefficient (Wildman–Crippen LogP) is 0.699. The number of amides is 1. The zero-order valence-corrected chi connectivity index (χ0v) is 14.0. The van der Waals surface area contributed by atoms with Crippen LogP contribution in [0.5, 0.6) is 0 Å². The number of hydrogen-bond donors (Lipinski definition) is 0. The van der Waals surface area contributed by atoms with Gasteiger partial charge in [0.2, 0.25) is 5.91 Å². The summed E-state index contributed by atoms with van der Waals surface area (Å²) in [5.74, 6) is 0.137. The van der Waals surface area contributed by atoms with Crippen LogP contribution < -0.4 is 0 Å². The molecule has 1 aliphatic heterocycles. The molecule has 1 atom stereocenters. The standard InChI is InChI=1S/C15H21N5O2S/c1-18(6-13-2-5-23-10-13)15(21)9-19-3-4-22-14(7-19)8-20-12-16-11-17-20/h2,5,10-12,14H,3-4,6-9H2,1H3. The second-order valence-corrected chi connectivity index (χ2v) is 6.51. The first-order valence-corrected chi connectivity index (χ1v) is 8.56. The van der Waals surface area contributed by atoms with E-state index in [2.05, 4.69) is 26.4 Å². The van der Waals surface area contributed by atoms with E-state index < -0.39 is 0 Å². The molecule has 0 aromatic carbocycles. The molecule has 3 heterocycles. The summed E-state index contributed by atoms with van der Waals surface area (Å²) in [5, 5.41) is 8.21. The van der Waals surface area contributed by atoms with Crippen molar-refractivity contribution in [2.75, 3.05) is 33.3 Å². The number of morpholine rings is 1. The molecule has 0 radical (unpaired) electrons. The average molecular weight is 335 g/mol. The van der Waals surface area contributed by atoms with Gasteiger partial charge in [0.15, 0.2) is 0 Å². The van der Waals surface area contributed by atoms with Gasteiger partial charge in [-0.1, -0.05) is 0 Å². The zero-order chi connectivity index (χ0) is 16.1. The fourth-order valence-electron chi connectivity index (χ4n) is 2.63. The van der Waals surface area contributed by atoms with Gasteiger partial charge in [0.05, 0.1) is 25.8 Å². The fraction of sp³-hybridized carbons (Fsp3) is 0.533. The van der Waals surface area contributed by atoms with Crippen molar-refractivity contribution in [2.45, 2.75) is 19.2 Å². The van der Waals surface area contributed by atoms with Crippen LogP contribution in [0, 0.1) is 0 Å². The SMILES string of the molecule is CN(Cc1ccsc1)C(=O)CN1CCOC(Cn2cncn2)C1. The van der Waals surface area contributed by atoms with Crippen molar-refractivity contribution in [3.63, 3.8) is 0 Å². The maximum Gasteiger partial charge on any atom is 0.236 e. The van der Waals surface area contributed by atoms with Gasteiger partial charge in [-0.25, -0.2) is 4.98 Å². The molecule has 1 aliphatic rings. The van der Waals surface area contributed by atoms with Gasteiger partial charge < -0.3 is 9.64 Å². The predicted molar refractivity (Wildman–Crippen MR) is 87.0 cm³/mol. The van der Waals surface area contributed by atoms with E-state index in [1.165, 1.54) is 11.9 Å². The molecule has 0 spiro atoms. The summed E-state index contributed by atoms with van der Waals surface area (Å²) in [6.07, 6.45) is 3.24. The molecular weight excluding hydrogens is 314 g/mol. The molecule has 124 valence electrons. The van der Waals surface area contributed by atoms with Gasteiger partial charge in [0.25, 0.3) is 0 Å². The van der Waals surface area contributed by atoms with E-state index in [9.17, 15) is 4.79 Å². The number of carbonyl (C=O) groups excluding carboxylic acids is 1. The average Bonchev–Trinajstić information content (AvgIpc) is 3.21. The third-order valence-electron chi connectivity index (χ3n) is 3.86. The van der Waals surface area contributed by atoms with Crippen LogP contribution in [0.25, 0.3) is 0 Å². The largest absolute Gasteiger partial charge is 0.374 e. The minimum atomic E-state index is 0.0421. The molecule has 8 heteroatoms. The summed E-state index contributed by atoms with van der Waals surface area (Å²) in [4.78, 5) is 20.2. The molecule has 1 unspecified atom stereocenters. The molecule has 23 heavy (non-hydrogen) atoms. The maximum atomic E-state index is 12.4. The number of ether oxygens (including phenoxy) is 1. The van der Waals surface area contributed by atoms with Gasteiger partial charge >= 0.3 is 0 Å². The lowest BCUT2D eigenvalue weighted by Gasteiger charge is -2.33. The van der Waals surface area contributed by atoms with Gasteiger partial charge in [-0.05, 0) is 22.4 Å². The number of carbonyl (C=O) groups is 1. The molecule has 7 nitrogen and oxygen atoms in total. The third-order valence-corrected chi connectivity index (χ3v) is 4.60. The molecule has 0 saturated carbocycles. The summed E-state index contributed by atoms with van der Waals surface area (Å²) >= 11 is 1.65. The number of likely N-dealkylation sites (N-methyl/N-ethyl adjacent to an activating group) is 1. The smallest absolute Gasteiger partial charge is 0.236 e. The van der Waals surface area contributed by atoms with Gasteiger partial charge in [-0.2, -0.15) is 16.4 Å². The lowest BCUT2D eigenvalue weighted by Crippen LogP contribution is -2.48. The molecule has 1 fully saturated rings. The summed E-state index contributed by atoms with van der Waals surface area (Å²) in [6.45, 7) is 3.91. The van der Waals surface area contributed by atoms with Gasteiger partial charge in [-0.3, -0.25) is 14.4 Å². The first-order valence-electron chi connectivity index (χ1n) is 7.62. The number of rotatable bonds is 6. The van der Waals surface area contributed by atoms with E-state index in [0.717, 1.165) is 13.1 Å². The Hall–Kier alpha value is -1.77. The highest BCUT2D eigenvalue weighted by molar-refractivity contribution is 7.07. The van der Waals surface area contributed by atoms with Crippen LogP contribution in [0.2, 0.25) is 0 Å². The van der Waals surface area contributed by atoms with Crippen molar-refractivity contribution in [1.29, 1.82) is 0 Å². The first kappa shape index (κ1) is 16.1. The zero-order valence-electron chi connectivity index (χ0n) is 13.2. The van der Waals surface area contributed by atoms with Crippen LogP contribution in [0.1, 0.15) is 5.56 Å². The van der Waals surface area contributed by atoms with Gasteiger partial charge in [0, 0.05) is 26.7 Å². The Morgan fingerprint density at radius 3 is 3.22 bits per heavy atom. The van der Waals surface area contributed by atoms with Crippen molar-refractivity contribution in [3.8, 4) is 0 Å². The van der Waals surface area contributed by atoms with Crippen LogP contribution in [0.4, 0.5) is 0 Å². The minimum absolute atomic E-state index is 0.0421. The molecule has 0 bridgehead atoms. The molecule has 1 saturated heterocycles. The molecular formula is C15H21N5O2S. The Morgan fingerprint density at radius 1 is 1.57 bits per heavy atom. The van der Waals surface area contributed by atoms with E-state index in [-0.39, 0.29) is 12.0 Å². The number of aromatic nitrogens is 3. The van der Waals surface area contributed by atoms with Crippen LogP contribution in [-0.4, -0.2) is 69.9 Å². The van der Waals surface area contributed by atoms with E-state index in [0.29, 0.717) is 26.2 Å². The van der Waals surface area contributed by atoms with E-state index in [1.54, 1.807) is 27.2 Å². The first-order chi connectivity index (χ1) is 11.2. The fourth-order valence-corrected chi connectivity index (χ4v) is 3.29. The summed E-state index contributed by atoms with van der Waals surface area (Å²) in [5.41, 5.74) is 1.18. The summed E-state index contributed by atoms with van der Waals surface area (Å²) < 4.78 is 7.52. The van der Waals surface area contributed by atoms with Gasteiger partial charge in [-0.15, -0.1) is 0 Å². The lowest BCUT2D eigenvalue weighted by atomic mass is 10.2. The number of thiophene rings is 1. The summed E-state index contributed by atoms with van der Waals surface area (Å²) in [7, 11) is 1.85. The topological polar surface area (TPSA) is 63.5 Å². The van der Waals surface area contributed by atoms with E-state index in [1.807, 2.05) is 12.4 Å². The van der Waals surface area contributed by atoms with Crippen molar-refractivity contribution in [3.05, 3.63) is 35.0 Å².